The molecule has 0 saturated heterocycles. The number of nitro groups is 1. The maximum absolute atomic E-state index is 11.2. The maximum atomic E-state index is 11.2. The Bertz CT molecular complexity index is 427. The van der Waals surface area contributed by atoms with Crippen LogP contribution < -0.4 is 11.3 Å². The van der Waals surface area contributed by atoms with Crippen LogP contribution in [0.15, 0.2) is 4.79 Å². The maximum Gasteiger partial charge on any atom is 0.371 e. The number of halogens is 1. The normalized spacial score (nSPS) is 10.0. The van der Waals surface area contributed by atoms with Crippen LogP contribution in [0.3, 0.4) is 0 Å². The Morgan fingerprint density at radius 2 is 2.23 bits per heavy atom. The van der Waals surface area contributed by atoms with Crippen molar-refractivity contribution in [1.29, 1.82) is 0 Å². The fourth-order valence-corrected chi connectivity index (χ4v) is 0.970. The van der Waals surface area contributed by atoms with E-state index in [0.717, 1.165) is 4.57 Å². The van der Waals surface area contributed by atoms with E-state index in [2.05, 4.69) is 4.98 Å². The van der Waals surface area contributed by atoms with Crippen LogP contribution in [0.25, 0.3) is 0 Å². The summed E-state index contributed by atoms with van der Waals surface area (Å²) in [5.74, 6) is -0.166. The summed E-state index contributed by atoms with van der Waals surface area (Å²) < 4.78 is 0.851. The van der Waals surface area contributed by atoms with E-state index in [1.165, 1.54) is 7.05 Å². The van der Waals surface area contributed by atoms with Crippen molar-refractivity contribution in [3.8, 4) is 0 Å². The Hall–Kier alpha value is -1.63. The van der Waals surface area contributed by atoms with Gasteiger partial charge in [0.15, 0.2) is 0 Å². The number of nitrogen functional groups attached to an aromatic ring is 1. The molecule has 0 unspecified atom stereocenters. The van der Waals surface area contributed by atoms with Crippen LogP contribution in [0.2, 0.25) is 5.15 Å². The highest BCUT2D eigenvalue weighted by molar-refractivity contribution is 6.31. The van der Waals surface area contributed by atoms with Crippen molar-refractivity contribution >= 4 is 23.2 Å². The molecule has 13 heavy (non-hydrogen) atoms. The number of nitrogens with two attached hydrogens (primary N) is 1. The van der Waals surface area contributed by atoms with E-state index in [4.69, 9.17) is 17.3 Å². The molecule has 70 valence electrons. The molecule has 7 nitrogen and oxygen atoms in total. The Labute approximate surface area is 76.9 Å². The molecular weight excluding hydrogens is 200 g/mol. The minimum absolute atomic E-state index is 0.166. The first-order valence-electron chi connectivity index (χ1n) is 3.11. The minimum atomic E-state index is -0.892. The number of anilines is 1. The highest BCUT2D eigenvalue weighted by Crippen LogP contribution is 2.17. The van der Waals surface area contributed by atoms with Crippen LogP contribution in [-0.4, -0.2) is 14.5 Å². The molecule has 0 aliphatic rings. The molecule has 1 heterocycles. The summed E-state index contributed by atoms with van der Waals surface area (Å²) in [6, 6.07) is 0. The molecule has 0 saturated carbocycles. The molecule has 0 aliphatic heterocycles. The zero-order valence-electron chi connectivity index (χ0n) is 6.52. The van der Waals surface area contributed by atoms with E-state index >= 15 is 0 Å². The van der Waals surface area contributed by atoms with Crippen molar-refractivity contribution in [2.75, 3.05) is 5.73 Å². The number of aromatic nitrogens is 2. The standard InChI is InChI=1S/C5H5ClN4O3/c1-9-4(11)2(10(12)13)3(6)8-5(9)7/h1H3,(H2,7,8). The first-order chi connectivity index (χ1) is 5.95. The van der Waals surface area contributed by atoms with Gasteiger partial charge in [-0.25, -0.2) is 0 Å². The molecule has 0 amide bonds. The summed E-state index contributed by atoms with van der Waals surface area (Å²) in [6.07, 6.45) is 0. The third-order valence-corrected chi connectivity index (χ3v) is 1.71. The third-order valence-electron chi connectivity index (χ3n) is 1.44. The van der Waals surface area contributed by atoms with Gasteiger partial charge in [-0.2, -0.15) is 4.98 Å². The van der Waals surface area contributed by atoms with E-state index in [1.54, 1.807) is 0 Å². The molecule has 1 rings (SSSR count). The summed E-state index contributed by atoms with van der Waals surface area (Å²) >= 11 is 5.36. The largest absolute Gasteiger partial charge is 0.371 e. The summed E-state index contributed by atoms with van der Waals surface area (Å²) in [4.78, 5) is 24.0. The van der Waals surface area contributed by atoms with Gasteiger partial charge in [0.25, 0.3) is 0 Å². The molecule has 1 aromatic heterocycles. The second-order valence-corrected chi connectivity index (χ2v) is 2.59. The van der Waals surface area contributed by atoms with Gasteiger partial charge in [-0.3, -0.25) is 19.5 Å². The summed E-state index contributed by atoms with van der Waals surface area (Å²) in [6.45, 7) is 0. The molecule has 0 spiro atoms. The first-order valence-corrected chi connectivity index (χ1v) is 3.49. The smallest absolute Gasteiger partial charge is 0.369 e. The third kappa shape index (κ3) is 1.45. The van der Waals surface area contributed by atoms with Crippen molar-refractivity contribution in [2.24, 2.45) is 7.05 Å². The van der Waals surface area contributed by atoms with Crippen LogP contribution in [-0.2, 0) is 7.05 Å². The molecule has 0 aromatic carbocycles. The van der Waals surface area contributed by atoms with Crippen molar-refractivity contribution < 1.29 is 4.92 Å². The van der Waals surface area contributed by atoms with E-state index in [1.807, 2.05) is 0 Å². The van der Waals surface area contributed by atoms with Crippen LogP contribution in [0, 0.1) is 10.1 Å². The van der Waals surface area contributed by atoms with Gasteiger partial charge in [0.2, 0.25) is 11.1 Å². The highest BCUT2D eigenvalue weighted by Gasteiger charge is 2.22. The van der Waals surface area contributed by atoms with Gasteiger partial charge < -0.3 is 5.73 Å². The second kappa shape index (κ2) is 3.02. The lowest BCUT2D eigenvalue weighted by atomic mass is 10.5. The zero-order valence-corrected chi connectivity index (χ0v) is 7.28. The van der Waals surface area contributed by atoms with E-state index in [9.17, 15) is 14.9 Å². The van der Waals surface area contributed by atoms with Crippen LogP contribution in [0.4, 0.5) is 11.6 Å². The van der Waals surface area contributed by atoms with Gasteiger partial charge in [0.05, 0.1) is 4.92 Å². The number of hydrogen-bond acceptors (Lipinski definition) is 5. The average Bonchev–Trinajstić information content (AvgIpc) is 1.99. The lowest BCUT2D eigenvalue weighted by Crippen LogP contribution is -2.24. The zero-order chi connectivity index (χ0) is 10.2. The van der Waals surface area contributed by atoms with Crippen LogP contribution in [0.1, 0.15) is 0 Å². The molecule has 0 aliphatic carbocycles. The van der Waals surface area contributed by atoms with Crippen LogP contribution in [0.5, 0.6) is 0 Å². The van der Waals surface area contributed by atoms with E-state index in [0.29, 0.717) is 0 Å². The minimum Gasteiger partial charge on any atom is -0.369 e. The quantitative estimate of drug-likeness (QED) is 0.392. The molecule has 1 aromatic rings. The predicted octanol–water partition coefficient (Wildman–Crippen LogP) is -0.0759. The number of hydrogen-bond donors (Lipinski definition) is 1. The molecule has 2 N–H and O–H groups in total. The van der Waals surface area contributed by atoms with Crippen LogP contribution >= 0.6 is 11.6 Å². The Morgan fingerprint density at radius 3 is 2.69 bits per heavy atom. The molecular formula is C5H5ClN4O3. The molecule has 8 heteroatoms. The molecule has 0 bridgehead atoms. The van der Waals surface area contributed by atoms with E-state index in [-0.39, 0.29) is 5.95 Å². The molecule has 0 atom stereocenters. The lowest BCUT2D eigenvalue weighted by Gasteiger charge is -2.01. The van der Waals surface area contributed by atoms with Gasteiger partial charge in [0.1, 0.15) is 0 Å². The van der Waals surface area contributed by atoms with Gasteiger partial charge in [-0.1, -0.05) is 11.6 Å². The Balaban J connectivity index is 3.63. The van der Waals surface area contributed by atoms with Gasteiger partial charge in [0, 0.05) is 7.05 Å². The predicted molar refractivity (Wildman–Crippen MR) is 45.6 cm³/mol. The van der Waals surface area contributed by atoms with Crippen molar-refractivity contribution in [1.82, 2.24) is 9.55 Å². The van der Waals surface area contributed by atoms with Crippen molar-refractivity contribution in [2.45, 2.75) is 0 Å². The lowest BCUT2D eigenvalue weighted by molar-refractivity contribution is -0.386. The average molecular weight is 205 g/mol. The summed E-state index contributed by atoms with van der Waals surface area (Å²) in [5.41, 5.74) is 3.60. The number of rotatable bonds is 1. The highest BCUT2D eigenvalue weighted by atomic mass is 35.5. The van der Waals surface area contributed by atoms with Gasteiger partial charge in [-0.05, 0) is 0 Å². The SMILES string of the molecule is Cn1c(N)nc(Cl)c([N+](=O)[O-])c1=O. The van der Waals surface area contributed by atoms with Crippen molar-refractivity contribution in [3.63, 3.8) is 0 Å². The van der Waals surface area contributed by atoms with Gasteiger partial charge >= 0.3 is 11.2 Å². The molecule has 0 fully saturated rings. The van der Waals surface area contributed by atoms with Crippen molar-refractivity contribution in [3.05, 3.63) is 25.6 Å². The number of nitrogens with zero attached hydrogens (tertiary/aromatic N) is 3. The summed E-state index contributed by atoms with van der Waals surface area (Å²) in [5, 5.41) is 9.84. The topological polar surface area (TPSA) is 104 Å². The summed E-state index contributed by atoms with van der Waals surface area (Å²) in [7, 11) is 1.27. The second-order valence-electron chi connectivity index (χ2n) is 2.23. The molecule has 0 radical (unpaired) electrons. The van der Waals surface area contributed by atoms with E-state index < -0.39 is 21.3 Å². The monoisotopic (exact) mass is 204 g/mol. The first kappa shape index (κ1) is 9.46. The fraction of sp³-hybridized carbons (Fsp3) is 0.200. The Kier molecular flexibility index (Phi) is 2.20. The van der Waals surface area contributed by atoms with Gasteiger partial charge in [-0.15, -0.1) is 0 Å². The Morgan fingerprint density at radius 1 is 1.69 bits per heavy atom. The fourth-order valence-electron chi connectivity index (χ4n) is 0.733.